The first-order valence-electron chi connectivity index (χ1n) is 3.93. The second-order valence-corrected chi connectivity index (χ2v) is 2.79. The van der Waals surface area contributed by atoms with E-state index in [-0.39, 0.29) is 0 Å². The van der Waals surface area contributed by atoms with Crippen LogP contribution in [0, 0.1) is 0 Å². The van der Waals surface area contributed by atoms with Crippen molar-refractivity contribution in [3.05, 3.63) is 30.0 Å². The molecule has 1 aromatic heterocycles. The molecular formula is C9H11N3. The van der Waals surface area contributed by atoms with E-state index in [4.69, 9.17) is 5.73 Å². The molecule has 0 aliphatic heterocycles. The van der Waals surface area contributed by atoms with Crippen LogP contribution in [-0.4, -0.2) is 9.78 Å². The van der Waals surface area contributed by atoms with E-state index in [9.17, 15) is 0 Å². The summed E-state index contributed by atoms with van der Waals surface area (Å²) in [5, 5.41) is 5.48. The van der Waals surface area contributed by atoms with E-state index >= 15 is 0 Å². The first-order valence-corrected chi connectivity index (χ1v) is 3.93. The molecule has 12 heavy (non-hydrogen) atoms. The van der Waals surface area contributed by atoms with Crippen LogP contribution in [0.25, 0.3) is 10.9 Å². The molecule has 0 atom stereocenters. The molecular weight excluding hydrogens is 150 g/mol. The van der Waals surface area contributed by atoms with Crippen molar-refractivity contribution in [1.29, 1.82) is 0 Å². The summed E-state index contributed by atoms with van der Waals surface area (Å²) < 4.78 is 1.84. The van der Waals surface area contributed by atoms with Gasteiger partial charge in [-0.25, -0.2) is 0 Å². The summed E-state index contributed by atoms with van der Waals surface area (Å²) in [4.78, 5) is 0. The van der Waals surface area contributed by atoms with Gasteiger partial charge < -0.3 is 5.73 Å². The Morgan fingerprint density at radius 3 is 2.92 bits per heavy atom. The molecule has 0 aliphatic rings. The van der Waals surface area contributed by atoms with Crippen LogP contribution in [0.5, 0.6) is 0 Å². The number of aromatic nitrogens is 2. The molecule has 2 N–H and O–H groups in total. The molecule has 0 spiro atoms. The van der Waals surface area contributed by atoms with Crippen molar-refractivity contribution < 1.29 is 0 Å². The highest BCUT2D eigenvalue weighted by Gasteiger charge is 2.04. The highest BCUT2D eigenvalue weighted by molar-refractivity contribution is 5.81. The number of hydrogen-bond acceptors (Lipinski definition) is 2. The van der Waals surface area contributed by atoms with Gasteiger partial charge in [-0.2, -0.15) is 5.10 Å². The summed E-state index contributed by atoms with van der Waals surface area (Å²) in [6.07, 6.45) is 0. The fraction of sp³-hybridized carbons (Fsp3) is 0.222. The van der Waals surface area contributed by atoms with E-state index < -0.39 is 0 Å². The van der Waals surface area contributed by atoms with Gasteiger partial charge in [0.1, 0.15) is 0 Å². The summed E-state index contributed by atoms with van der Waals surface area (Å²) in [6, 6.07) is 8.03. The Morgan fingerprint density at radius 1 is 1.42 bits per heavy atom. The maximum absolute atomic E-state index is 5.60. The molecule has 0 fully saturated rings. The minimum absolute atomic E-state index is 0.539. The zero-order chi connectivity index (χ0) is 8.55. The number of hydrogen-bond donors (Lipinski definition) is 1. The minimum Gasteiger partial charge on any atom is -0.325 e. The number of aryl methyl sites for hydroxylation is 1. The highest BCUT2D eigenvalue weighted by Crippen LogP contribution is 2.15. The lowest BCUT2D eigenvalue weighted by atomic mass is 10.2. The van der Waals surface area contributed by atoms with Gasteiger partial charge in [0.15, 0.2) is 0 Å². The molecule has 3 nitrogen and oxygen atoms in total. The van der Waals surface area contributed by atoms with Crippen LogP contribution in [0.15, 0.2) is 24.3 Å². The Morgan fingerprint density at radius 2 is 2.17 bits per heavy atom. The molecule has 3 heteroatoms. The molecule has 1 aromatic carbocycles. The van der Waals surface area contributed by atoms with Crippen LogP contribution < -0.4 is 5.73 Å². The fourth-order valence-corrected chi connectivity index (χ4v) is 1.44. The van der Waals surface area contributed by atoms with E-state index in [1.54, 1.807) is 0 Å². The molecule has 0 radical (unpaired) electrons. The topological polar surface area (TPSA) is 43.8 Å². The summed E-state index contributed by atoms with van der Waals surface area (Å²) in [7, 11) is 1.92. The van der Waals surface area contributed by atoms with Crippen LogP contribution in [0.1, 0.15) is 5.69 Å². The quantitative estimate of drug-likeness (QED) is 0.679. The summed E-state index contributed by atoms with van der Waals surface area (Å²) >= 11 is 0. The van der Waals surface area contributed by atoms with Gasteiger partial charge in [0.25, 0.3) is 0 Å². The van der Waals surface area contributed by atoms with Crippen molar-refractivity contribution in [3.63, 3.8) is 0 Å². The Labute approximate surface area is 70.8 Å². The second-order valence-electron chi connectivity index (χ2n) is 2.79. The highest BCUT2D eigenvalue weighted by atomic mass is 15.3. The van der Waals surface area contributed by atoms with Crippen molar-refractivity contribution in [1.82, 2.24) is 9.78 Å². The third-order valence-corrected chi connectivity index (χ3v) is 2.06. The van der Waals surface area contributed by atoms with Gasteiger partial charge in [-0.1, -0.05) is 18.2 Å². The van der Waals surface area contributed by atoms with E-state index in [0.717, 1.165) is 16.6 Å². The lowest BCUT2D eigenvalue weighted by Gasteiger charge is -1.95. The largest absolute Gasteiger partial charge is 0.325 e. The smallest absolute Gasteiger partial charge is 0.0926 e. The SMILES string of the molecule is Cn1nc2ccccc2c1CN. The van der Waals surface area contributed by atoms with Gasteiger partial charge in [-0.3, -0.25) is 4.68 Å². The molecule has 0 saturated carbocycles. The first-order chi connectivity index (χ1) is 5.83. The molecule has 1 heterocycles. The Bertz CT molecular complexity index is 403. The van der Waals surface area contributed by atoms with E-state index in [1.165, 1.54) is 0 Å². The second kappa shape index (κ2) is 2.60. The molecule has 0 aliphatic carbocycles. The summed E-state index contributed by atoms with van der Waals surface area (Å²) in [5.74, 6) is 0. The molecule has 0 saturated heterocycles. The Hall–Kier alpha value is -1.35. The van der Waals surface area contributed by atoms with Crippen LogP contribution in [0.2, 0.25) is 0 Å². The van der Waals surface area contributed by atoms with Gasteiger partial charge in [0.2, 0.25) is 0 Å². The Balaban J connectivity index is 2.81. The zero-order valence-corrected chi connectivity index (χ0v) is 6.99. The van der Waals surface area contributed by atoms with Gasteiger partial charge in [0, 0.05) is 19.0 Å². The zero-order valence-electron chi connectivity index (χ0n) is 6.99. The van der Waals surface area contributed by atoms with Crippen molar-refractivity contribution in [2.75, 3.05) is 0 Å². The monoisotopic (exact) mass is 161 g/mol. The van der Waals surface area contributed by atoms with Crippen LogP contribution >= 0.6 is 0 Å². The molecule has 2 rings (SSSR count). The third kappa shape index (κ3) is 0.905. The molecule has 0 amide bonds. The number of nitrogens with zero attached hydrogens (tertiary/aromatic N) is 2. The summed E-state index contributed by atoms with van der Waals surface area (Å²) in [5.41, 5.74) is 7.70. The number of nitrogens with two attached hydrogens (primary N) is 1. The average molecular weight is 161 g/mol. The lowest BCUT2D eigenvalue weighted by Crippen LogP contribution is -2.04. The molecule has 0 bridgehead atoms. The minimum atomic E-state index is 0.539. The van der Waals surface area contributed by atoms with Gasteiger partial charge in [-0.05, 0) is 6.07 Å². The number of rotatable bonds is 1. The fourth-order valence-electron chi connectivity index (χ4n) is 1.44. The van der Waals surface area contributed by atoms with Crippen LogP contribution in [-0.2, 0) is 13.6 Å². The lowest BCUT2D eigenvalue weighted by molar-refractivity contribution is 0.722. The first kappa shape index (κ1) is 7.31. The average Bonchev–Trinajstić information content (AvgIpc) is 2.40. The standard InChI is InChI=1S/C9H11N3/c1-12-9(6-10)7-4-2-3-5-8(7)11-12/h2-5H,6,10H2,1H3. The molecule has 62 valence electrons. The van der Waals surface area contributed by atoms with Crippen molar-refractivity contribution >= 4 is 10.9 Å². The third-order valence-electron chi connectivity index (χ3n) is 2.06. The maximum atomic E-state index is 5.60. The van der Waals surface area contributed by atoms with Gasteiger partial charge in [-0.15, -0.1) is 0 Å². The predicted octanol–water partition coefficient (Wildman–Crippen LogP) is 1.03. The van der Waals surface area contributed by atoms with E-state index in [1.807, 2.05) is 36.0 Å². The Kier molecular flexibility index (Phi) is 1.59. The van der Waals surface area contributed by atoms with E-state index in [0.29, 0.717) is 6.54 Å². The molecule has 2 aromatic rings. The summed E-state index contributed by atoms with van der Waals surface area (Å²) in [6.45, 7) is 0.539. The number of fused-ring (bicyclic) bond motifs is 1. The van der Waals surface area contributed by atoms with E-state index in [2.05, 4.69) is 5.10 Å². The number of benzene rings is 1. The van der Waals surface area contributed by atoms with Gasteiger partial charge >= 0.3 is 0 Å². The van der Waals surface area contributed by atoms with Crippen molar-refractivity contribution in [3.8, 4) is 0 Å². The predicted molar refractivity (Wildman–Crippen MR) is 48.6 cm³/mol. The van der Waals surface area contributed by atoms with Crippen molar-refractivity contribution in [2.24, 2.45) is 12.8 Å². The van der Waals surface area contributed by atoms with Crippen LogP contribution in [0.3, 0.4) is 0 Å². The van der Waals surface area contributed by atoms with Crippen molar-refractivity contribution in [2.45, 2.75) is 6.54 Å². The maximum Gasteiger partial charge on any atom is 0.0926 e. The van der Waals surface area contributed by atoms with Crippen LogP contribution in [0.4, 0.5) is 0 Å². The molecule has 0 unspecified atom stereocenters. The normalized spacial score (nSPS) is 10.8. The van der Waals surface area contributed by atoms with Gasteiger partial charge in [0.05, 0.1) is 11.2 Å².